The van der Waals surface area contributed by atoms with Crippen LogP contribution in [0.25, 0.3) is 0 Å². The third-order valence-electron chi connectivity index (χ3n) is 4.07. The van der Waals surface area contributed by atoms with Gasteiger partial charge < -0.3 is 10.6 Å². The molecule has 2 N–H and O–H groups in total. The van der Waals surface area contributed by atoms with Crippen LogP contribution < -0.4 is 10.6 Å². The average Bonchev–Trinajstić information content (AvgIpc) is 2.91. The fourth-order valence-corrected chi connectivity index (χ4v) is 2.63. The summed E-state index contributed by atoms with van der Waals surface area (Å²) in [5.74, 6) is -0.923. The number of nitrogens with one attached hydrogen (secondary N) is 2. The molecule has 3 nitrogen and oxygen atoms in total. The van der Waals surface area contributed by atoms with Crippen molar-refractivity contribution in [2.75, 3.05) is 19.6 Å². The minimum Gasteiger partial charge on any atom is -0.355 e. The molecule has 1 fully saturated rings. The van der Waals surface area contributed by atoms with E-state index >= 15 is 0 Å². The van der Waals surface area contributed by atoms with E-state index in [2.05, 4.69) is 10.6 Å². The average molecular weight is 300 g/mol. The van der Waals surface area contributed by atoms with Gasteiger partial charge >= 0.3 is 6.18 Å². The smallest absolute Gasteiger partial charge is 0.355 e. The fourth-order valence-electron chi connectivity index (χ4n) is 2.63. The van der Waals surface area contributed by atoms with Crippen LogP contribution in [0.2, 0.25) is 0 Å². The molecule has 1 unspecified atom stereocenters. The van der Waals surface area contributed by atoms with E-state index in [1.807, 2.05) is 31.2 Å². The zero-order valence-corrected chi connectivity index (χ0v) is 11.9. The number of carbonyl (C=O) groups excluding carboxylic acids is 1. The summed E-state index contributed by atoms with van der Waals surface area (Å²) in [6.45, 7) is 2.02. The van der Waals surface area contributed by atoms with Gasteiger partial charge in [0.15, 0.2) is 5.41 Å². The number of benzene rings is 1. The Morgan fingerprint density at radius 2 is 2.10 bits per heavy atom. The Kier molecular flexibility index (Phi) is 4.56. The molecule has 2 rings (SSSR count). The molecule has 0 aromatic heterocycles. The van der Waals surface area contributed by atoms with Crippen molar-refractivity contribution >= 4 is 5.91 Å². The zero-order valence-electron chi connectivity index (χ0n) is 11.9. The van der Waals surface area contributed by atoms with Gasteiger partial charge in [-0.3, -0.25) is 4.79 Å². The van der Waals surface area contributed by atoms with Crippen LogP contribution in [0.15, 0.2) is 24.3 Å². The van der Waals surface area contributed by atoms with E-state index in [0.717, 1.165) is 11.1 Å². The van der Waals surface area contributed by atoms with Gasteiger partial charge in [-0.2, -0.15) is 13.2 Å². The Hall–Kier alpha value is -1.56. The summed E-state index contributed by atoms with van der Waals surface area (Å²) >= 11 is 0. The molecule has 1 atom stereocenters. The van der Waals surface area contributed by atoms with Gasteiger partial charge in [0.05, 0.1) is 0 Å². The molecular weight excluding hydrogens is 281 g/mol. The largest absolute Gasteiger partial charge is 0.404 e. The molecular formula is C15H19F3N2O. The quantitative estimate of drug-likeness (QED) is 0.895. The van der Waals surface area contributed by atoms with Crippen molar-refractivity contribution < 1.29 is 18.0 Å². The second-order valence-electron chi connectivity index (χ2n) is 5.44. The van der Waals surface area contributed by atoms with Gasteiger partial charge in [-0.15, -0.1) is 0 Å². The summed E-state index contributed by atoms with van der Waals surface area (Å²) in [5.41, 5.74) is -0.179. The van der Waals surface area contributed by atoms with Crippen molar-refractivity contribution in [2.45, 2.75) is 25.9 Å². The topological polar surface area (TPSA) is 41.1 Å². The maximum Gasteiger partial charge on any atom is 0.404 e. The van der Waals surface area contributed by atoms with Gasteiger partial charge in [-0.25, -0.2) is 0 Å². The Balaban J connectivity index is 1.96. The molecule has 1 amide bonds. The normalized spacial score (nSPS) is 22.3. The molecule has 0 aliphatic carbocycles. The zero-order chi connectivity index (χ0) is 15.5. The van der Waals surface area contributed by atoms with Gasteiger partial charge in [0, 0.05) is 13.1 Å². The Morgan fingerprint density at radius 3 is 2.67 bits per heavy atom. The molecule has 6 heteroatoms. The van der Waals surface area contributed by atoms with E-state index < -0.39 is 17.5 Å². The van der Waals surface area contributed by atoms with Gasteiger partial charge in [0.1, 0.15) is 0 Å². The predicted octanol–water partition coefficient (Wildman–Crippen LogP) is 2.20. The minimum atomic E-state index is -4.52. The van der Waals surface area contributed by atoms with Crippen LogP contribution in [0, 0.1) is 12.3 Å². The number of halogens is 3. The highest BCUT2D eigenvalue weighted by Crippen LogP contribution is 2.43. The van der Waals surface area contributed by atoms with Crippen LogP contribution in [0.4, 0.5) is 13.2 Å². The predicted molar refractivity (Wildman–Crippen MR) is 73.9 cm³/mol. The van der Waals surface area contributed by atoms with Crippen molar-refractivity contribution in [3.05, 3.63) is 35.4 Å². The highest BCUT2D eigenvalue weighted by atomic mass is 19.4. The van der Waals surface area contributed by atoms with Crippen molar-refractivity contribution in [1.29, 1.82) is 0 Å². The SMILES string of the molecule is Cc1ccccc1CCNC(=O)C1(C(F)(F)F)CCNC1. The number of carbonyl (C=O) groups is 1. The molecule has 1 saturated heterocycles. The lowest BCUT2D eigenvalue weighted by atomic mass is 9.85. The molecule has 1 heterocycles. The number of rotatable bonds is 4. The summed E-state index contributed by atoms with van der Waals surface area (Å²) in [6.07, 6.45) is -4.20. The van der Waals surface area contributed by atoms with Crippen LogP contribution in [0.1, 0.15) is 17.5 Å². The molecule has 116 valence electrons. The van der Waals surface area contributed by atoms with Crippen LogP contribution in [-0.2, 0) is 11.2 Å². The fraction of sp³-hybridized carbons (Fsp3) is 0.533. The number of alkyl halides is 3. The highest BCUT2D eigenvalue weighted by molar-refractivity contribution is 5.84. The molecule has 0 bridgehead atoms. The summed E-state index contributed by atoms with van der Waals surface area (Å²) in [7, 11) is 0. The summed E-state index contributed by atoms with van der Waals surface area (Å²) in [5, 5.41) is 5.09. The van der Waals surface area contributed by atoms with Crippen molar-refractivity contribution in [3.8, 4) is 0 Å². The Morgan fingerprint density at radius 1 is 1.38 bits per heavy atom. The lowest BCUT2D eigenvalue weighted by molar-refractivity contribution is -0.215. The van der Waals surface area contributed by atoms with E-state index in [0.29, 0.717) is 6.42 Å². The van der Waals surface area contributed by atoms with Crippen molar-refractivity contribution in [1.82, 2.24) is 10.6 Å². The number of hydrogen-bond acceptors (Lipinski definition) is 2. The first-order valence-electron chi connectivity index (χ1n) is 6.97. The van der Waals surface area contributed by atoms with E-state index in [9.17, 15) is 18.0 Å². The van der Waals surface area contributed by atoms with E-state index in [1.165, 1.54) is 0 Å². The summed E-state index contributed by atoms with van der Waals surface area (Å²) in [4.78, 5) is 12.0. The van der Waals surface area contributed by atoms with E-state index in [-0.39, 0.29) is 26.1 Å². The molecule has 1 aliphatic rings. The standard InChI is InChI=1S/C15H19F3N2O/c1-11-4-2-3-5-12(11)6-8-20-13(21)14(15(16,17)18)7-9-19-10-14/h2-5,19H,6-10H2,1H3,(H,20,21). The number of amides is 1. The van der Waals surface area contributed by atoms with Gasteiger partial charge in [0.25, 0.3) is 0 Å². The summed E-state index contributed by atoms with van der Waals surface area (Å²) < 4.78 is 39.5. The van der Waals surface area contributed by atoms with E-state index in [4.69, 9.17) is 0 Å². The molecule has 0 saturated carbocycles. The summed E-state index contributed by atoms with van der Waals surface area (Å²) in [6, 6.07) is 7.63. The van der Waals surface area contributed by atoms with Crippen LogP contribution in [0.3, 0.4) is 0 Å². The van der Waals surface area contributed by atoms with Gasteiger partial charge in [-0.05, 0) is 37.4 Å². The van der Waals surface area contributed by atoms with E-state index in [1.54, 1.807) is 0 Å². The molecule has 1 aromatic rings. The first-order chi connectivity index (χ1) is 9.87. The van der Waals surface area contributed by atoms with Crippen molar-refractivity contribution in [2.24, 2.45) is 5.41 Å². The lowest BCUT2D eigenvalue weighted by Crippen LogP contribution is -2.52. The third kappa shape index (κ3) is 3.20. The highest BCUT2D eigenvalue weighted by Gasteiger charge is 2.61. The molecule has 0 spiro atoms. The van der Waals surface area contributed by atoms with Gasteiger partial charge in [-0.1, -0.05) is 24.3 Å². The van der Waals surface area contributed by atoms with Crippen LogP contribution in [-0.4, -0.2) is 31.7 Å². The molecule has 21 heavy (non-hydrogen) atoms. The van der Waals surface area contributed by atoms with Gasteiger partial charge in [0.2, 0.25) is 5.91 Å². The molecule has 1 aromatic carbocycles. The Bertz CT molecular complexity index is 508. The second-order valence-corrected chi connectivity index (χ2v) is 5.44. The second kappa shape index (κ2) is 6.05. The monoisotopic (exact) mass is 300 g/mol. The number of hydrogen-bond donors (Lipinski definition) is 2. The number of aryl methyl sites for hydroxylation is 1. The Labute approximate surface area is 121 Å². The maximum absolute atomic E-state index is 13.2. The van der Waals surface area contributed by atoms with Crippen molar-refractivity contribution in [3.63, 3.8) is 0 Å². The van der Waals surface area contributed by atoms with Crippen LogP contribution >= 0.6 is 0 Å². The van der Waals surface area contributed by atoms with Crippen LogP contribution in [0.5, 0.6) is 0 Å². The first-order valence-corrected chi connectivity index (χ1v) is 6.97. The maximum atomic E-state index is 13.2. The minimum absolute atomic E-state index is 0.202. The lowest BCUT2D eigenvalue weighted by Gasteiger charge is -2.29. The first kappa shape index (κ1) is 15.8. The molecule has 1 aliphatic heterocycles. The third-order valence-corrected chi connectivity index (χ3v) is 4.07. The molecule has 0 radical (unpaired) electrons.